The third-order valence-electron chi connectivity index (χ3n) is 7.33. The summed E-state index contributed by atoms with van der Waals surface area (Å²) < 4.78 is 28.9. The Hall–Kier alpha value is -2.32. The fourth-order valence-electron chi connectivity index (χ4n) is 5.81. The van der Waals surface area contributed by atoms with E-state index < -0.39 is 17.2 Å². The number of carbonyl (C=O) groups is 1. The molecule has 0 unspecified atom stereocenters. The van der Waals surface area contributed by atoms with Gasteiger partial charge in [0.1, 0.15) is 0 Å². The minimum Gasteiger partial charge on any atom is -0.396 e. The van der Waals surface area contributed by atoms with E-state index in [1.807, 2.05) is 7.05 Å². The molecule has 0 bridgehead atoms. The Morgan fingerprint density at radius 1 is 1.30 bits per heavy atom. The lowest BCUT2D eigenvalue weighted by Crippen LogP contribution is -2.55. The maximum atomic E-state index is 14.0. The molecule has 0 spiro atoms. The van der Waals surface area contributed by atoms with Crippen LogP contribution >= 0.6 is 0 Å². The lowest BCUT2D eigenvalue weighted by atomic mass is 9.69. The van der Waals surface area contributed by atoms with Crippen molar-refractivity contribution in [3.05, 3.63) is 41.1 Å². The van der Waals surface area contributed by atoms with Gasteiger partial charge in [-0.3, -0.25) is 0 Å². The molecule has 0 radical (unpaired) electrons. The number of aromatic nitrogens is 2. The smallest absolute Gasteiger partial charge is 0.342 e. The first kappa shape index (κ1) is 23.8. The molecule has 6 nitrogen and oxygen atoms in total. The molecule has 4 rings (SSSR count). The maximum Gasteiger partial charge on any atom is 0.342 e. The van der Waals surface area contributed by atoms with Gasteiger partial charge < -0.3 is 15.3 Å². The van der Waals surface area contributed by atoms with Gasteiger partial charge in [-0.1, -0.05) is 20.3 Å². The number of benzene rings is 1. The van der Waals surface area contributed by atoms with Gasteiger partial charge in [-0.05, 0) is 62.8 Å². The summed E-state index contributed by atoms with van der Waals surface area (Å²) in [5.41, 5.74) is 2.15. The Labute approximate surface area is 194 Å². The van der Waals surface area contributed by atoms with Crippen LogP contribution in [0.4, 0.5) is 13.6 Å². The lowest BCUT2D eigenvalue weighted by molar-refractivity contribution is 0.107. The minimum absolute atomic E-state index is 0.00551. The van der Waals surface area contributed by atoms with E-state index in [1.54, 1.807) is 0 Å². The average Bonchev–Trinajstić information content (AvgIpc) is 3.14. The molecule has 33 heavy (non-hydrogen) atoms. The molecule has 2 aliphatic rings. The first-order valence-electron chi connectivity index (χ1n) is 11.9. The number of aliphatic hydroxyl groups is 1. The van der Waals surface area contributed by atoms with Crippen molar-refractivity contribution in [1.82, 2.24) is 20.0 Å². The fourth-order valence-corrected chi connectivity index (χ4v) is 5.81. The molecule has 1 fully saturated rings. The number of halogens is 2. The fraction of sp³-hybridized carbons (Fsp3) is 0.600. The number of nitrogens with zero attached hydrogens (tertiary/aromatic N) is 3. The Morgan fingerprint density at radius 3 is 2.79 bits per heavy atom. The molecule has 2 aromatic rings. The Bertz CT molecular complexity index is 1020. The summed E-state index contributed by atoms with van der Waals surface area (Å²) in [5, 5.41) is 17.6. The first-order chi connectivity index (χ1) is 15.7. The van der Waals surface area contributed by atoms with Crippen LogP contribution in [0, 0.1) is 23.5 Å². The summed E-state index contributed by atoms with van der Waals surface area (Å²) in [6.07, 6.45) is 4.96. The topological polar surface area (TPSA) is 70.4 Å². The predicted octanol–water partition coefficient (Wildman–Crippen LogP) is 4.34. The Morgan fingerprint density at radius 2 is 2.09 bits per heavy atom. The van der Waals surface area contributed by atoms with E-state index in [-0.39, 0.29) is 12.6 Å². The van der Waals surface area contributed by atoms with E-state index in [1.165, 1.54) is 10.7 Å². The van der Waals surface area contributed by atoms with Gasteiger partial charge in [0, 0.05) is 42.8 Å². The van der Waals surface area contributed by atoms with Gasteiger partial charge in [-0.25, -0.2) is 13.6 Å². The second-order valence-electron chi connectivity index (χ2n) is 10.0. The Kier molecular flexibility index (Phi) is 6.86. The number of nitrogens with one attached hydrogen (secondary N) is 1. The second kappa shape index (κ2) is 9.50. The van der Waals surface area contributed by atoms with E-state index in [2.05, 4.69) is 29.2 Å². The van der Waals surface area contributed by atoms with E-state index in [9.17, 15) is 18.7 Å². The number of hydrogen-bond donors (Lipinski definition) is 2. The Balaban J connectivity index is 1.70. The van der Waals surface area contributed by atoms with E-state index in [4.69, 9.17) is 0 Å². The van der Waals surface area contributed by atoms with E-state index >= 15 is 0 Å². The molecule has 0 saturated heterocycles. The van der Waals surface area contributed by atoms with Crippen molar-refractivity contribution in [2.45, 2.75) is 64.5 Å². The molecule has 1 aliphatic carbocycles. The lowest BCUT2D eigenvalue weighted by Gasteiger charge is -2.44. The second-order valence-corrected chi connectivity index (χ2v) is 10.0. The summed E-state index contributed by atoms with van der Waals surface area (Å²) >= 11 is 0. The highest BCUT2D eigenvalue weighted by atomic mass is 19.2. The van der Waals surface area contributed by atoms with Crippen molar-refractivity contribution in [3.8, 4) is 11.3 Å². The van der Waals surface area contributed by atoms with E-state index in [0.29, 0.717) is 42.5 Å². The molecule has 1 amide bonds. The molecule has 1 aromatic heterocycles. The number of amides is 1. The summed E-state index contributed by atoms with van der Waals surface area (Å²) in [4.78, 5) is 15.7. The molecule has 1 aliphatic heterocycles. The molecule has 1 saturated carbocycles. The molecule has 1 aromatic carbocycles. The van der Waals surface area contributed by atoms with Crippen molar-refractivity contribution in [2.75, 3.05) is 20.2 Å². The summed E-state index contributed by atoms with van der Waals surface area (Å²) in [7, 11) is 1.99. The van der Waals surface area contributed by atoms with Gasteiger partial charge in [-0.15, -0.1) is 0 Å². The van der Waals surface area contributed by atoms with Crippen LogP contribution in [-0.2, 0) is 13.0 Å². The van der Waals surface area contributed by atoms with Crippen molar-refractivity contribution in [2.24, 2.45) is 11.8 Å². The van der Waals surface area contributed by atoms with Crippen molar-refractivity contribution < 1.29 is 18.7 Å². The largest absolute Gasteiger partial charge is 0.396 e. The summed E-state index contributed by atoms with van der Waals surface area (Å²) in [6, 6.07) is 3.41. The van der Waals surface area contributed by atoms with Crippen LogP contribution < -0.4 is 5.32 Å². The van der Waals surface area contributed by atoms with Gasteiger partial charge in [-0.2, -0.15) is 9.78 Å². The van der Waals surface area contributed by atoms with Crippen LogP contribution in [0.25, 0.3) is 11.3 Å². The standard InChI is InChI=1S/C25H34F2N4O2/c1-4-17-11-16(2)13-25(14-17,8-10-32)28-24(33)31-22-7-9-30(3)15-19(22)23(29-31)18-5-6-20(26)21(27)12-18/h5-6,12,16-17,32H,4,7-11,13-15H2,1-3H3,(H,28,33)/t16-,17+,25+/m0/s1. The number of carbonyl (C=O) groups excluding carboxylic acids is 1. The van der Waals surface area contributed by atoms with Crippen LogP contribution in [0.5, 0.6) is 0 Å². The quantitative estimate of drug-likeness (QED) is 0.696. The highest BCUT2D eigenvalue weighted by Crippen LogP contribution is 2.40. The molecular formula is C25H34F2N4O2. The number of hydrogen-bond acceptors (Lipinski definition) is 4. The zero-order valence-electron chi connectivity index (χ0n) is 19.7. The molecule has 180 valence electrons. The maximum absolute atomic E-state index is 14.0. The molecule has 8 heteroatoms. The van der Waals surface area contributed by atoms with Gasteiger partial charge in [0.2, 0.25) is 0 Å². The third kappa shape index (κ3) is 4.82. The van der Waals surface area contributed by atoms with Crippen LogP contribution in [-0.4, -0.2) is 51.6 Å². The van der Waals surface area contributed by atoms with Gasteiger partial charge in [0.25, 0.3) is 0 Å². The van der Waals surface area contributed by atoms with Crippen LogP contribution in [0.1, 0.15) is 57.2 Å². The SMILES string of the molecule is CC[C@@H]1C[C@H](C)C[C@@](CCO)(NC(=O)n2nc(-c3ccc(F)c(F)c3)c3c2CCN(C)C3)C1. The normalized spacial score (nSPS) is 25.6. The van der Waals surface area contributed by atoms with Crippen LogP contribution in [0.2, 0.25) is 0 Å². The minimum atomic E-state index is -0.937. The zero-order chi connectivity index (χ0) is 23.8. The van der Waals surface area contributed by atoms with Crippen molar-refractivity contribution in [1.29, 1.82) is 0 Å². The zero-order valence-corrected chi connectivity index (χ0v) is 19.7. The first-order valence-corrected chi connectivity index (χ1v) is 11.9. The highest BCUT2D eigenvalue weighted by molar-refractivity contribution is 5.80. The molecular weight excluding hydrogens is 426 g/mol. The number of fused-ring (bicyclic) bond motifs is 1. The number of rotatable bonds is 5. The molecule has 2 N–H and O–H groups in total. The summed E-state index contributed by atoms with van der Waals surface area (Å²) in [6.45, 7) is 5.73. The van der Waals surface area contributed by atoms with Crippen molar-refractivity contribution >= 4 is 6.03 Å². The molecule has 2 heterocycles. The van der Waals surface area contributed by atoms with Crippen LogP contribution in [0.15, 0.2) is 18.2 Å². The van der Waals surface area contributed by atoms with Crippen LogP contribution in [0.3, 0.4) is 0 Å². The van der Waals surface area contributed by atoms with E-state index in [0.717, 1.165) is 55.6 Å². The van der Waals surface area contributed by atoms with Gasteiger partial charge >= 0.3 is 6.03 Å². The number of likely N-dealkylation sites (N-methyl/N-ethyl adjacent to an activating group) is 1. The van der Waals surface area contributed by atoms with Gasteiger partial charge in [0.05, 0.1) is 11.4 Å². The van der Waals surface area contributed by atoms with Gasteiger partial charge in [0.15, 0.2) is 11.6 Å². The predicted molar refractivity (Wildman–Crippen MR) is 123 cm³/mol. The third-order valence-corrected chi connectivity index (χ3v) is 7.33. The van der Waals surface area contributed by atoms with Crippen molar-refractivity contribution in [3.63, 3.8) is 0 Å². The number of aliphatic hydroxyl groups excluding tert-OH is 1. The average molecular weight is 461 g/mol. The highest BCUT2D eigenvalue weighted by Gasteiger charge is 2.40. The summed E-state index contributed by atoms with van der Waals surface area (Å²) in [5.74, 6) is -0.898. The monoisotopic (exact) mass is 460 g/mol. The molecule has 3 atom stereocenters.